The number of halogens is 1. The van der Waals surface area contributed by atoms with Gasteiger partial charge < -0.3 is 9.84 Å². The highest BCUT2D eigenvalue weighted by molar-refractivity contribution is 7.15. The zero-order valence-electron chi connectivity index (χ0n) is 13.6. The van der Waals surface area contributed by atoms with Crippen molar-refractivity contribution in [2.24, 2.45) is 0 Å². The first kappa shape index (κ1) is 16.3. The zero-order valence-corrected chi connectivity index (χ0v) is 14.5. The van der Waals surface area contributed by atoms with Gasteiger partial charge in [-0.3, -0.25) is 9.20 Å². The largest absolute Gasteiger partial charge is 0.502 e. The van der Waals surface area contributed by atoms with Crippen molar-refractivity contribution in [3.8, 4) is 22.8 Å². The molecule has 0 saturated carbocycles. The highest BCUT2D eigenvalue weighted by atomic mass is 32.1. The maximum absolute atomic E-state index is 13.8. The molecule has 0 aliphatic carbocycles. The van der Waals surface area contributed by atoms with E-state index in [1.54, 1.807) is 12.3 Å². The fourth-order valence-electron chi connectivity index (χ4n) is 2.66. The predicted molar refractivity (Wildman–Crippen MR) is 98.2 cm³/mol. The summed E-state index contributed by atoms with van der Waals surface area (Å²) in [6.45, 7) is 0. The van der Waals surface area contributed by atoms with Crippen molar-refractivity contribution in [3.63, 3.8) is 0 Å². The Hall–Kier alpha value is -3.19. The second-order valence-electron chi connectivity index (χ2n) is 5.61. The lowest BCUT2D eigenvalue weighted by molar-refractivity contribution is 0.357. The van der Waals surface area contributed by atoms with Crippen molar-refractivity contribution >= 4 is 22.4 Å². The number of fused-ring (bicyclic) bond motifs is 1. The number of hydrogen-bond acceptors (Lipinski definition) is 5. The molecule has 2 heterocycles. The maximum Gasteiger partial charge on any atom is 0.274 e. The number of nitrogens with zero attached hydrogens (tertiary/aromatic N) is 2. The Bertz CT molecular complexity index is 1220. The van der Waals surface area contributed by atoms with Gasteiger partial charge in [0, 0.05) is 11.8 Å². The summed E-state index contributed by atoms with van der Waals surface area (Å²) in [5, 5.41) is 9.58. The molecule has 0 amide bonds. The van der Waals surface area contributed by atoms with Gasteiger partial charge in [-0.25, -0.2) is 9.37 Å². The third kappa shape index (κ3) is 2.72. The highest BCUT2D eigenvalue weighted by Crippen LogP contribution is 2.30. The normalized spacial score (nSPS) is 12.0. The van der Waals surface area contributed by atoms with Crippen molar-refractivity contribution < 1.29 is 14.2 Å². The van der Waals surface area contributed by atoms with Gasteiger partial charge >= 0.3 is 0 Å². The fraction of sp³-hybridized carbons (Fsp3) is 0.0526. The highest BCUT2D eigenvalue weighted by Gasteiger charge is 2.12. The molecule has 4 aromatic rings. The molecule has 26 heavy (non-hydrogen) atoms. The quantitative estimate of drug-likeness (QED) is 0.604. The van der Waals surface area contributed by atoms with Crippen LogP contribution in [0, 0.1) is 5.82 Å². The van der Waals surface area contributed by atoms with Gasteiger partial charge in [0.25, 0.3) is 5.56 Å². The van der Waals surface area contributed by atoms with E-state index in [0.29, 0.717) is 15.1 Å². The van der Waals surface area contributed by atoms with Crippen LogP contribution >= 0.6 is 11.3 Å². The molecule has 0 fully saturated rings. The predicted octanol–water partition coefficient (Wildman–Crippen LogP) is 2.82. The fourth-order valence-corrected chi connectivity index (χ4v) is 3.62. The van der Waals surface area contributed by atoms with Crippen molar-refractivity contribution in [3.05, 3.63) is 74.9 Å². The van der Waals surface area contributed by atoms with Gasteiger partial charge in [-0.2, -0.15) is 0 Å². The summed E-state index contributed by atoms with van der Waals surface area (Å²) < 4.78 is 20.6. The number of aromatic nitrogens is 2. The number of thiazole rings is 1. The Morgan fingerprint density at radius 3 is 2.73 bits per heavy atom. The molecule has 5 nitrogen and oxygen atoms in total. The number of benzene rings is 2. The Labute approximate surface area is 151 Å². The topological polar surface area (TPSA) is 63.8 Å². The average molecular weight is 368 g/mol. The number of imidazole rings is 1. The molecule has 0 aliphatic rings. The zero-order chi connectivity index (χ0) is 18.3. The molecular weight excluding hydrogens is 355 g/mol. The van der Waals surface area contributed by atoms with Crippen molar-refractivity contribution in [2.45, 2.75) is 0 Å². The first-order valence-electron chi connectivity index (χ1n) is 7.72. The molecule has 0 aliphatic heterocycles. The Kier molecular flexibility index (Phi) is 3.93. The monoisotopic (exact) mass is 368 g/mol. The summed E-state index contributed by atoms with van der Waals surface area (Å²) in [5.74, 6) is -1.35. The molecule has 2 aromatic heterocycles. The van der Waals surface area contributed by atoms with E-state index in [2.05, 4.69) is 4.98 Å². The Morgan fingerprint density at radius 2 is 2.04 bits per heavy atom. The van der Waals surface area contributed by atoms with E-state index >= 15 is 0 Å². The molecule has 7 heteroatoms. The van der Waals surface area contributed by atoms with Crippen LogP contribution < -0.4 is 14.8 Å². The van der Waals surface area contributed by atoms with Crippen LogP contribution in [0.1, 0.15) is 5.56 Å². The first-order valence-corrected chi connectivity index (χ1v) is 8.54. The van der Waals surface area contributed by atoms with Crippen molar-refractivity contribution in [2.75, 3.05) is 7.11 Å². The summed E-state index contributed by atoms with van der Waals surface area (Å²) >= 11 is 1.22. The van der Waals surface area contributed by atoms with E-state index in [9.17, 15) is 14.3 Å². The number of hydrogen-bond donors (Lipinski definition) is 1. The molecule has 130 valence electrons. The van der Waals surface area contributed by atoms with Gasteiger partial charge in [0.15, 0.2) is 22.3 Å². The van der Waals surface area contributed by atoms with Crippen LogP contribution in [-0.2, 0) is 0 Å². The third-order valence-electron chi connectivity index (χ3n) is 3.94. The molecule has 0 atom stereocenters. The van der Waals surface area contributed by atoms with E-state index in [-0.39, 0.29) is 11.3 Å². The molecule has 0 unspecified atom stereocenters. The van der Waals surface area contributed by atoms with Crippen LogP contribution in [0.25, 0.3) is 22.3 Å². The summed E-state index contributed by atoms with van der Waals surface area (Å²) in [7, 11) is 1.33. The number of aromatic hydroxyl groups is 1. The second-order valence-corrected chi connectivity index (χ2v) is 6.62. The maximum atomic E-state index is 13.8. The van der Waals surface area contributed by atoms with Crippen molar-refractivity contribution in [1.29, 1.82) is 0 Å². The van der Waals surface area contributed by atoms with Crippen LogP contribution in [0.5, 0.6) is 11.5 Å². The SMILES string of the molecule is COc1cc(/C=c2\sc3nc(-c4ccccc4)cn3c2=O)cc(F)c1O. The lowest BCUT2D eigenvalue weighted by Gasteiger charge is -2.04. The number of rotatable bonds is 3. The van der Waals surface area contributed by atoms with Gasteiger partial charge in [-0.15, -0.1) is 0 Å². The average Bonchev–Trinajstić information content (AvgIpc) is 3.19. The molecular formula is C19H13FN2O3S. The minimum absolute atomic E-state index is 0.0106. The van der Waals surface area contributed by atoms with Crippen LogP contribution in [0.2, 0.25) is 0 Å². The molecule has 0 radical (unpaired) electrons. The van der Waals surface area contributed by atoms with Gasteiger partial charge in [-0.05, 0) is 23.8 Å². The number of phenolic OH excluding ortho intramolecular Hbond substituents is 1. The molecule has 0 spiro atoms. The van der Waals surface area contributed by atoms with Crippen LogP contribution in [-0.4, -0.2) is 21.6 Å². The first-order chi connectivity index (χ1) is 12.6. The Balaban J connectivity index is 1.82. The number of phenols is 1. The van der Waals surface area contributed by atoms with E-state index in [1.165, 1.54) is 28.9 Å². The van der Waals surface area contributed by atoms with Crippen molar-refractivity contribution in [1.82, 2.24) is 9.38 Å². The van der Waals surface area contributed by atoms with Gasteiger partial charge in [-0.1, -0.05) is 41.7 Å². The van der Waals surface area contributed by atoms with Crippen LogP contribution in [0.4, 0.5) is 4.39 Å². The second kappa shape index (κ2) is 6.27. The van der Waals surface area contributed by atoms with E-state index in [0.717, 1.165) is 17.3 Å². The molecule has 2 aromatic carbocycles. The lowest BCUT2D eigenvalue weighted by Crippen LogP contribution is -2.22. The number of ether oxygens (including phenoxy) is 1. The summed E-state index contributed by atoms with van der Waals surface area (Å²) in [6, 6.07) is 12.2. The minimum atomic E-state index is -0.809. The van der Waals surface area contributed by atoms with Crippen LogP contribution in [0.15, 0.2) is 53.5 Å². The summed E-state index contributed by atoms with van der Waals surface area (Å²) in [5.41, 5.74) is 1.84. The summed E-state index contributed by atoms with van der Waals surface area (Å²) in [6.07, 6.45) is 3.24. The molecule has 1 N–H and O–H groups in total. The third-order valence-corrected chi connectivity index (χ3v) is 4.93. The van der Waals surface area contributed by atoms with Gasteiger partial charge in [0.2, 0.25) is 0 Å². The number of methoxy groups -OCH3 is 1. The molecule has 0 bridgehead atoms. The van der Waals surface area contributed by atoms with Gasteiger partial charge in [0.05, 0.1) is 17.3 Å². The lowest BCUT2D eigenvalue weighted by atomic mass is 10.2. The Morgan fingerprint density at radius 1 is 1.27 bits per heavy atom. The van der Waals surface area contributed by atoms with E-state index in [4.69, 9.17) is 4.74 Å². The smallest absolute Gasteiger partial charge is 0.274 e. The van der Waals surface area contributed by atoms with Crippen LogP contribution in [0.3, 0.4) is 0 Å². The van der Waals surface area contributed by atoms with Gasteiger partial charge in [0.1, 0.15) is 0 Å². The summed E-state index contributed by atoms with van der Waals surface area (Å²) in [4.78, 5) is 17.7. The van der Waals surface area contributed by atoms with E-state index in [1.807, 2.05) is 30.3 Å². The molecule has 0 saturated heterocycles. The standard InChI is InChI=1S/C19H13FN2O3S/c1-25-15-8-11(7-13(20)17(15)23)9-16-18(24)22-10-14(21-19(22)26-16)12-5-3-2-4-6-12/h2-10,23H,1H3/b16-9-. The van der Waals surface area contributed by atoms with E-state index < -0.39 is 11.6 Å². The molecule has 4 rings (SSSR count). The minimum Gasteiger partial charge on any atom is -0.502 e.